The predicted molar refractivity (Wildman–Crippen MR) is 113 cm³/mol. The summed E-state index contributed by atoms with van der Waals surface area (Å²) in [5.74, 6) is 0.0175. The van der Waals surface area contributed by atoms with Crippen LogP contribution >= 0.6 is 0 Å². The Kier molecular flexibility index (Phi) is 10.9. The van der Waals surface area contributed by atoms with E-state index in [0.717, 1.165) is 18.4 Å². The van der Waals surface area contributed by atoms with E-state index in [1.54, 1.807) is 6.21 Å². The fraction of sp³-hybridized carbons (Fsp3) is 0.652. The summed E-state index contributed by atoms with van der Waals surface area (Å²) >= 11 is 0. The number of nitrogens with zero attached hydrogens (tertiary/aromatic N) is 1. The number of aryl methyl sites for hydroxylation is 2. The lowest BCUT2D eigenvalue weighted by atomic mass is 9.95. The number of hydrogen-bond acceptors (Lipinski definition) is 2. The molecule has 1 aromatic rings. The van der Waals surface area contributed by atoms with Gasteiger partial charge in [0.2, 0.25) is 5.91 Å². The molecule has 1 aromatic carbocycles. The summed E-state index contributed by atoms with van der Waals surface area (Å²) < 4.78 is 0. The number of nitrogens with one attached hydrogen (secondary N) is 1. The summed E-state index contributed by atoms with van der Waals surface area (Å²) in [7, 11) is 0. The third-order valence-corrected chi connectivity index (χ3v) is 5.31. The Morgan fingerprint density at radius 3 is 1.92 bits per heavy atom. The molecule has 26 heavy (non-hydrogen) atoms. The first-order valence-electron chi connectivity index (χ1n) is 10.4. The highest BCUT2D eigenvalue weighted by Gasteiger charge is 2.06. The molecule has 1 amide bonds. The van der Waals surface area contributed by atoms with Gasteiger partial charge >= 0.3 is 0 Å². The Balaban J connectivity index is 2.24. The van der Waals surface area contributed by atoms with Crippen molar-refractivity contribution in [3.05, 3.63) is 33.9 Å². The average Bonchev–Trinajstić information content (AvgIpc) is 2.61. The van der Waals surface area contributed by atoms with Gasteiger partial charge in [-0.15, -0.1) is 0 Å². The highest BCUT2D eigenvalue weighted by atomic mass is 16.2. The van der Waals surface area contributed by atoms with Gasteiger partial charge in [-0.3, -0.25) is 4.79 Å². The number of unbranched alkanes of at least 4 members (excludes halogenated alkanes) is 8. The van der Waals surface area contributed by atoms with Crippen LogP contribution in [-0.2, 0) is 4.79 Å². The molecule has 3 heteroatoms. The van der Waals surface area contributed by atoms with Gasteiger partial charge < -0.3 is 0 Å². The number of rotatable bonds is 12. The second-order valence-electron chi connectivity index (χ2n) is 7.55. The molecule has 0 aromatic heterocycles. The number of hydrogen-bond donors (Lipinski definition) is 1. The van der Waals surface area contributed by atoms with Crippen molar-refractivity contribution in [2.24, 2.45) is 5.10 Å². The highest BCUT2D eigenvalue weighted by molar-refractivity contribution is 5.86. The van der Waals surface area contributed by atoms with Gasteiger partial charge in [0.1, 0.15) is 0 Å². The summed E-state index contributed by atoms with van der Waals surface area (Å²) in [5.41, 5.74) is 8.77. The van der Waals surface area contributed by atoms with Crippen molar-refractivity contribution in [1.29, 1.82) is 0 Å². The quantitative estimate of drug-likeness (QED) is 0.266. The predicted octanol–water partition coefficient (Wildman–Crippen LogP) is 6.29. The van der Waals surface area contributed by atoms with Gasteiger partial charge in [-0.25, -0.2) is 5.43 Å². The van der Waals surface area contributed by atoms with Crippen molar-refractivity contribution in [3.63, 3.8) is 0 Å². The molecular weight excluding hydrogens is 320 g/mol. The summed E-state index contributed by atoms with van der Waals surface area (Å²) in [5, 5.41) is 4.18. The van der Waals surface area contributed by atoms with Crippen LogP contribution in [0.25, 0.3) is 0 Å². The van der Waals surface area contributed by atoms with Crippen LogP contribution in [0.15, 0.2) is 11.2 Å². The third-order valence-electron chi connectivity index (χ3n) is 5.31. The molecule has 0 unspecified atom stereocenters. The zero-order valence-electron chi connectivity index (χ0n) is 17.6. The van der Waals surface area contributed by atoms with E-state index >= 15 is 0 Å². The van der Waals surface area contributed by atoms with Gasteiger partial charge in [0, 0.05) is 12.0 Å². The summed E-state index contributed by atoms with van der Waals surface area (Å²) in [4.78, 5) is 11.9. The molecule has 1 N–H and O–H groups in total. The summed E-state index contributed by atoms with van der Waals surface area (Å²) in [6.07, 6.45) is 13.7. The van der Waals surface area contributed by atoms with Crippen LogP contribution in [0.5, 0.6) is 0 Å². The lowest BCUT2D eigenvalue weighted by Gasteiger charge is -2.11. The molecule has 0 aliphatic carbocycles. The smallest absolute Gasteiger partial charge is 0.240 e. The number of carbonyl (C=O) groups is 1. The van der Waals surface area contributed by atoms with Gasteiger partial charge in [-0.1, -0.05) is 64.4 Å². The standard InChI is InChI=1S/C23H38N2O/c1-6-7-8-9-10-11-12-13-14-15-23(26)25-24-17-22-20(4)18(2)16-19(3)21(22)5/h16-17H,6-15H2,1-5H3,(H,25,26). The van der Waals surface area contributed by atoms with Crippen molar-refractivity contribution in [3.8, 4) is 0 Å². The number of amides is 1. The zero-order chi connectivity index (χ0) is 19.4. The molecule has 0 spiro atoms. The van der Waals surface area contributed by atoms with Gasteiger partial charge in [-0.2, -0.15) is 5.10 Å². The molecular formula is C23H38N2O. The van der Waals surface area contributed by atoms with E-state index in [2.05, 4.69) is 51.2 Å². The molecule has 146 valence electrons. The van der Waals surface area contributed by atoms with Crippen molar-refractivity contribution in [1.82, 2.24) is 5.43 Å². The fourth-order valence-electron chi connectivity index (χ4n) is 3.26. The van der Waals surface area contributed by atoms with Crippen LogP contribution in [-0.4, -0.2) is 12.1 Å². The van der Waals surface area contributed by atoms with Crippen molar-refractivity contribution in [2.75, 3.05) is 0 Å². The van der Waals surface area contributed by atoms with Crippen molar-refractivity contribution in [2.45, 2.75) is 98.8 Å². The molecule has 0 bridgehead atoms. The second-order valence-corrected chi connectivity index (χ2v) is 7.55. The lowest BCUT2D eigenvalue weighted by molar-refractivity contribution is -0.121. The van der Waals surface area contributed by atoms with Gasteiger partial charge in [0.05, 0.1) is 6.21 Å². The molecule has 0 atom stereocenters. The maximum atomic E-state index is 11.9. The van der Waals surface area contributed by atoms with E-state index in [1.807, 2.05) is 0 Å². The first-order valence-corrected chi connectivity index (χ1v) is 10.4. The second kappa shape index (κ2) is 12.7. The van der Waals surface area contributed by atoms with E-state index in [9.17, 15) is 4.79 Å². The number of carbonyl (C=O) groups excluding carboxylic acids is 1. The molecule has 0 radical (unpaired) electrons. The highest BCUT2D eigenvalue weighted by Crippen LogP contribution is 2.19. The van der Waals surface area contributed by atoms with Gasteiger partial charge in [0.15, 0.2) is 0 Å². The Bertz CT molecular complexity index is 564. The van der Waals surface area contributed by atoms with Gasteiger partial charge in [-0.05, 0) is 56.4 Å². The van der Waals surface area contributed by atoms with Crippen LogP contribution in [0.3, 0.4) is 0 Å². The largest absolute Gasteiger partial charge is 0.273 e. The first kappa shape index (κ1) is 22.4. The van der Waals surface area contributed by atoms with E-state index in [0.29, 0.717) is 6.42 Å². The first-order chi connectivity index (χ1) is 12.5. The number of benzene rings is 1. The topological polar surface area (TPSA) is 41.5 Å². The van der Waals surface area contributed by atoms with Gasteiger partial charge in [0.25, 0.3) is 0 Å². The van der Waals surface area contributed by atoms with E-state index in [-0.39, 0.29) is 5.91 Å². The molecule has 0 aliphatic rings. The van der Waals surface area contributed by atoms with E-state index in [1.165, 1.54) is 67.2 Å². The van der Waals surface area contributed by atoms with E-state index in [4.69, 9.17) is 0 Å². The Morgan fingerprint density at radius 2 is 1.38 bits per heavy atom. The normalized spacial score (nSPS) is 11.3. The Hall–Kier alpha value is -1.64. The molecule has 0 saturated carbocycles. The molecule has 0 fully saturated rings. The maximum Gasteiger partial charge on any atom is 0.240 e. The van der Waals surface area contributed by atoms with Crippen LogP contribution < -0.4 is 5.43 Å². The minimum absolute atomic E-state index is 0.0175. The molecule has 0 aliphatic heterocycles. The molecule has 1 rings (SSSR count). The van der Waals surface area contributed by atoms with Crippen molar-refractivity contribution < 1.29 is 4.79 Å². The van der Waals surface area contributed by atoms with Crippen LogP contribution in [0.2, 0.25) is 0 Å². The zero-order valence-corrected chi connectivity index (χ0v) is 17.6. The maximum absolute atomic E-state index is 11.9. The molecule has 0 heterocycles. The lowest BCUT2D eigenvalue weighted by Crippen LogP contribution is -2.17. The third kappa shape index (κ3) is 8.16. The number of hydrazone groups is 1. The minimum Gasteiger partial charge on any atom is -0.273 e. The summed E-state index contributed by atoms with van der Waals surface area (Å²) in [6, 6.07) is 2.20. The van der Waals surface area contributed by atoms with Crippen molar-refractivity contribution >= 4 is 12.1 Å². The Labute approximate surface area is 160 Å². The molecule has 3 nitrogen and oxygen atoms in total. The summed E-state index contributed by atoms with van der Waals surface area (Å²) in [6.45, 7) is 10.7. The van der Waals surface area contributed by atoms with Crippen LogP contribution in [0.1, 0.15) is 98.9 Å². The monoisotopic (exact) mass is 358 g/mol. The SMILES string of the molecule is CCCCCCCCCCCC(=O)NN=Cc1c(C)c(C)cc(C)c1C. The van der Waals surface area contributed by atoms with E-state index < -0.39 is 0 Å². The average molecular weight is 359 g/mol. The molecule has 0 saturated heterocycles. The minimum atomic E-state index is 0.0175. The van der Waals surface area contributed by atoms with Crippen LogP contribution in [0.4, 0.5) is 0 Å². The van der Waals surface area contributed by atoms with Crippen LogP contribution in [0, 0.1) is 27.7 Å². The fourth-order valence-corrected chi connectivity index (χ4v) is 3.26. The Morgan fingerprint density at radius 1 is 0.885 bits per heavy atom.